The van der Waals surface area contributed by atoms with E-state index in [2.05, 4.69) is 5.16 Å². The molecule has 1 aromatic rings. The van der Waals surface area contributed by atoms with Gasteiger partial charge in [0.05, 0.1) is 12.1 Å². The first-order valence-corrected chi connectivity index (χ1v) is 6.92. The molecule has 2 N–H and O–H groups in total. The zero-order valence-corrected chi connectivity index (χ0v) is 12.0. The average Bonchev–Trinajstić information content (AvgIpc) is 2.99. The number of aryl methyl sites for hydroxylation is 2. The number of hydrogen-bond donors (Lipinski definition) is 1. The third-order valence-electron chi connectivity index (χ3n) is 4.32. The predicted molar refractivity (Wildman–Crippen MR) is 72.6 cm³/mol. The van der Waals surface area contributed by atoms with Gasteiger partial charge in [-0.1, -0.05) is 11.6 Å². The minimum atomic E-state index is 0.125. The first-order chi connectivity index (χ1) is 9.04. The van der Waals surface area contributed by atoms with Crippen LogP contribution < -0.4 is 5.73 Å². The predicted octanol–water partition coefficient (Wildman–Crippen LogP) is 1.42. The SMILES string of the molecule is Cc1noc(C)c1CC(=O)N(C)C1CCCC1CN. The van der Waals surface area contributed by atoms with E-state index in [-0.39, 0.29) is 11.9 Å². The molecule has 0 aliphatic heterocycles. The number of rotatable bonds is 4. The fraction of sp³-hybridized carbons (Fsp3) is 0.714. The summed E-state index contributed by atoms with van der Waals surface area (Å²) in [5, 5.41) is 3.89. The molecule has 5 nitrogen and oxygen atoms in total. The van der Waals surface area contributed by atoms with E-state index in [0.717, 1.165) is 36.3 Å². The van der Waals surface area contributed by atoms with Gasteiger partial charge in [0.25, 0.3) is 0 Å². The van der Waals surface area contributed by atoms with Crippen molar-refractivity contribution in [1.82, 2.24) is 10.1 Å². The lowest BCUT2D eigenvalue weighted by Crippen LogP contribution is -2.42. The molecule has 1 amide bonds. The Hall–Kier alpha value is -1.36. The van der Waals surface area contributed by atoms with E-state index >= 15 is 0 Å². The summed E-state index contributed by atoms with van der Waals surface area (Å²) in [6.07, 6.45) is 3.72. The van der Waals surface area contributed by atoms with Crippen molar-refractivity contribution in [3.8, 4) is 0 Å². The molecular formula is C14H23N3O2. The number of amides is 1. The van der Waals surface area contributed by atoms with Crippen molar-refractivity contribution in [2.24, 2.45) is 11.7 Å². The highest BCUT2D eigenvalue weighted by Gasteiger charge is 2.32. The maximum absolute atomic E-state index is 12.4. The molecule has 1 heterocycles. The van der Waals surface area contributed by atoms with Gasteiger partial charge in [-0.3, -0.25) is 4.79 Å². The van der Waals surface area contributed by atoms with Crippen molar-refractivity contribution in [1.29, 1.82) is 0 Å². The van der Waals surface area contributed by atoms with E-state index < -0.39 is 0 Å². The molecule has 1 aliphatic rings. The molecule has 19 heavy (non-hydrogen) atoms. The van der Waals surface area contributed by atoms with E-state index in [1.165, 1.54) is 0 Å². The zero-order chi connectivity index (χ0) is 14.0. The van der Waals surface area contributed by atoms with Crippen LogP contribution in [-0.4, -0.2) is 35.6 Å². The van der Waals surface area contributed by atoms with Gasteiger partial charge in [0.1, 0.15) is 5.76 Å². The summed E-state index contributed by atoms with van der Waals surface area (Å²) in [4.78, 5) is 14.3. The highest BCUT2D eigenvalue weighted by molar-refractivity contribution is 5.79. The average molecular weight is 265 g/mol. The largest absolute Gasteiger partial charge is 0.361 e. The molecule has 2 rings (SSSR count). The summed E-state index contributed by atoms with van der Waals surface area (Å²) in [6, 6.07) is 0.290. The molecule has 0 aromatic carbocycles. The summed E-state index contributed by atoms with van der Waals surface area (Å²) in [5.41, 5.74) is 7.51. The topological polar surface area (TPSA) is 72.4 Å². The van der Waals surface area contributed by atoms with Gasteiger partial charge in [0, 0.05) is 18.7 Å². The van der Waals surface area contributed by atoms with Crippen molar-refractivity contribution >= 4 is 5.91 Å². The van der Waals surface area contributed by atoms with E-state index in [0.29, 0.717) is 18.9 Å². The highest BCUT2D eigenvalue weighted by atomic mass is 16.5. The Morgan fingerprint density at radius 2 is 2.21 bits per heavy atom. The minimum absolute atomic E-state index is 0.125. The number of likely N-dealkylation sites (N-methyl/N-ethyl adjacent to an activating group) is 1. The van der Waals surface area contributed by atoms with Gasteiger partial charge in [0.2, 0.25) is 5.91 Å². The van der Waals surface area contributed by atoms with Crippen LogP contribution in [0.15, 0.2) is 4.52 Å². The first-order valence-electron chi connectivity index (χ1n) is 6.92. The van der Waals surface area contributed by atoms with Crippen molar-refractivity contribution in [3.63, 3.8) is 0 Å². The molecule has 106 valence electrons. The van der Waals surface area contributed by atoms with E-state index in [4.69, 9.17) is 10.3 Å². The smallest absolute Gasteiger partial charge is 0.227 e. The first kappa shape index (κ1) is 14.1. The number of carbonyl (C=O) groups is 1. The Labute approximate surface area is 114 Å². The summed E-state index contributed by atoms with van der Waals surface area (Å²) in [6.45, 7) is 4.38. The Bertz CT molecular complexity index is 436. The van der Waals surface area contributed by atoms with Gasteiger partial charge in [-0.05, 0) is 39.2 Å². The monoisotopic (exact) mass is 265 g/mol. The molecule has 1 aromatic heterocycles. The Kier molecular flexibility index (Phi) is 4.24. The molecule has 2 atom stereocenters. The zero-order valence-electron chi connectivity index (χ0n) is 12.0. The van der Waals surface area contributed by atoms with E-state index in [9.17, 15) is 4.79 Å². The molecule has 0 spiro atoms. The second-order valence-electron chi connectivity index (χ2n) is 5.48. The van der Waals surface area contributed by atoms with Crippen LogP contribution in [0.2, 0.25) is 0 Å². The third kappa shape index (κ3) is 2.81. The Morgan fingerprint density at radius 1 is 1.47 bits per heavy atom. The lowest BCUT2D eigenvalue weighted by Gasteiger charge is -2.29. The summed E-state index contributed by atoms with van der Waals surface area (Å²) in [5.74, 6) is 1.31. The number of nitrogens with zero attached hydrogens (tertiary/aromatic N) is 2. The lowest BCUT2D eigenvalue weighted by molar-refractivity contribution is -0.131. The van der Waals surface area contributed by atoms with Crippen LogP contribution in [0, 0.1) is 19.8 Å². The van der Waals surface area contributed by atoms with Gasteiger partial charge < -0.3 is 15.2 Å². The van der Waals surface area contributed by atoms with Crippen LogP contribution in [0.3, 0.4) is 0 Å². The van der Waals surface area contributed by atoms with Crippen LogP contribution in [0.25, 0.3) is 0 Å². The number of aromatic nitrogens is 1. The molecule has 1 aliphatic carbocycles. The number of nitrogens with two attached hydrogens (primary N) is 1. The molecule has 2 unspecified atom stereocenters. The normalized spacial score (nSPS) is 22.7. The van der Waals surface area contributed by atoms with Crippen LogP contribution in [0.5, 0.6) is 0 Å². The molecule has 1 fully saturated rings. The van der Waals surface area contributed by atoms with E-state index in [1.54, 1.807) is 0 Å². The molecule has 5 heteroatoms. The second-order valence-corrected chi connectivity index (χ2v) is 5.48. The highest BCUT2D eigenvalue weighted by Crippen LogP contribution is 2.29. The van der Waals surface area contributed by atoms with Crippen molar-refractivity contribution < 1.29 is 9.32 Å². The Balaban J connectivity index is 2.04. The summed E-state index contributed by atoms with van der Waals surface area (Å²) < 4.78 is 5.10. The molecule has 0 saturated heterocycles. The van der Waals surface area contributed by atoms with Crippen LogP contribution >= 0.6 is 0 Å². The van der Waals surface area contributed by atoms with Crippen molar-refractivity contribution in [2.75, 3.05) is 13.6 Å². The van der Waals surface area contributed by atoms with Gasteiger partial charge in [-0.2, -0.15) is 0 Å². The second kappa shape index (κ2) is 5.74. The molecule has 1 saturated carbocycles. The van der Waals surface area contributed by atoms with Crippen LogP contribution in [0.1, 0.15) is 36.3 Å². The van der Waals surface area contributed by atoms with Gasteiger partial charge in [-0.15, -0.1) is 0 Å². The fourth-order valence-electron chi connectivity index (χ4n) is 3.02. The summed E-state index contributed by atoms with van der Waals surface area (Å²) in [7, 11) is 1.89. The molecule has 0 radical (unpaired) electrons. The maximum atomic E-state index is 12.4. The Morgan fingerprint density at radius 3 is 2.79 bits per heavy atom. The lowest BCUT2D eigenvalue weighted by atomic mass is 10.0. The van der Waals surface area contributed by atoms with Gasteiger partial charge in [-0.25, -0.2) is 0 Å². The van der Waals surface area contributed by atoms with Crippen molar-refractivity contribution in [2.45, 2.75) is 45.6 Å². The molecule has 0 bridgehead atoms. The number of carbonyl (C=O) groups excluding carboxylic acids is 1. The van der Waals surface area contributed by atoms with Crippen molar-refractivity contribution in [3.05, 3.63) is 17.0 Å². The number of hydrogen-bond acceptors (Lipinski definition) is 4. The van der Waals surface area contributed by atoms with Crippen LogP contribution in [0.4, 0.5) is 0 Å². The van der Waals surface area contributed by atoms with Crippen LogP contribution in [-0.2, 0) is 11.2 Å². The maximum Gasteiger partial charge on any atom is 0.227 e. The summed E-state index contributed by atoms with van der Waals surface area (Å²) >= 11 is 0. The third-order valence-corrected chi connectivity index (χ3v) is 4.32. The standard InChI is InChI=1S/C14H23N3O2/c1-9-12(10(2)19-16-9)7-14(18)17(3)13-6-4-5-11(13)8-15/h11,13H,4-8,15H2,1-3H3. The van der Waals surface area contributed by atoms with E-state index in [1.807, 2.05) is 25.8 Å². The quantitative estimate of drug-likeness (QED) is 0.893. The van der Waals surface area contributed by atoms with Gasteiger partial charge in [0.15, 0.2) is 0 Å². The fourth-order valence-corrected chi connectivity index (χ4v) is 3.02. The van der Waals surface area contributed by atoms with Gasteiger partial charge >= 0.3 is 0 Å². The minimum Gasteiger partial charge on any atom is -0.361 e. The molecular weight excluding hydrogens is 242 g/mol.